The smallest absolute Gasteiger partial charge is 0.307 e. The zero-order valence-corrected chi connectivity index (χ0v) is 21.8. The molecule has 0 aromatic heterocycles. The van der Waals surface area contributed by atoms with Crippen LogP contribution in [0.2, 0.25) is 0 Å². The monoisotopic (exact) mass is 471 g/mol. The van der Waals surface area contributed by atoms with E-state index in [0.717, 1.165) is 18.7 Å². The Morgan fingerprint density at radius 3 is 2.26 bits per heavy atom. The number of anilines is 1. The highest BCUT2D eigenvalue weighted by Crippen LogP contribution is 2.35. The standard InChI is InChI=1S/C26H29NO2.C4H6.C2H6/c1-18-7-12-24(25-6-4-3-5-23(18)25)19(2)15-21-13-14-27(17-21)22-10-8-20(9-11-22)16-26(28)29;1-3-4-2;1-2/h3-12,19,21H,13-17H2,1-2H3,(H,28,29);3-4H,1-2H2;1-2H3. The molecule has 0 aliphatic carbocycles. The lowest BCUT2D eigenvalue weighted by atomic mass is 9.86. The van der Waals surface area contributed by atoms with Crippen LogP contribution in [0.1, 0.15) is 56.2 Å². The van der Waals surface area contributed by atoms with Crippen LogP contribution in [0.25, 0.3) is 10.8 Å². The van der Waals surface area contributed by atoms with Crippen LogP contribution < -0.4 is 4.90 Å². The van der Waals surface area contributed by atoms with Crippen molar-refractivity contribution in [2.45, 2.75) is 52.9 Å². The number of hydrogen-bond donors (Lipinski definition) is 1. The molecule has 1 N–H and O–H groups in total. The minimum absolute atomic E-state index is 0.0882. The number of aryl methyl sites for hydroxylation is 1. The van der Waals surface area contributed by atoms with Gasteiger partial charge in [-0.2, -0.15) is 0 Å². The zero-order valence-electron chi connectivity index (χ0n) is 21.8. The van der Waals surface area contributed by atoms with Crippen LogP contribution in [0.3, 0.4) is 0 Å². The minimum Gasteiger partial charge on any atom is -0.481 e. The van der Waals surface area contributed by atoms with Gasteiger partial charge in [0, 0.05) is 18.8 Å². The molecule has 0 spiro atoms. The Morgan fingerprint density at radius 1 is 1.03 bits per heavy atom. The molecule has 1 aliphatic heterocycles. The molecule has 0 bridgehead atoms. The van der Waals surface area contributed by atoms with Crippen molar-refractivity contribution in [2.24, 2.45) is 5.92 Å². The SMILES string of the molecule is C=CC=C.CC.Cc1ccc(C(C)CC2CCN(c3ccc(CC(=O)O)cc3)C2)c2ccccc12. The second kappa shape index (κ2) is 14.2. The highest BCUT2D eigenvalue weighted by molar-refractivity contribution is 5.88. The summed E-state index contributed by atoms with van der Waals surface area (Å²) in [5, 5.41) is 11.7. The van der Waals surface area contributed by atoms with Crippen molar-refractivity contribution >= 4 is 22.4 Å². The third-order valence-corrected chi connectivity index (χ3v) is 6.50. The second-order valence-electron chi connectivity index (χ2n) is 8.96. The van der Waals surface area contributed by atoms with Crippen molar-refractivity contribution in [1.29, 1.82) is 0 Å². The van der Waals surface area contributed by atoms with Crippen molar-refractivity contribution in [3.05, 3.63) is 103 Å². The fourth-order valence-corrected chi connectivity index (χ4v) is 4.79. The van der Waals surface area contributed by atoms with Gasteiger partial charge in [0.2, 0.25) is 0 Å². The van der Waals surface area contributed by atoms with Crippen molar-refractivity contribution in [2.75, 3.05) is 18.0 Å². The molecule has 3 aromatic carbocycles. The average Bonchev–Trinajstić information content (AvgIpc) is 3.34. The van der Waals surface area contributed by atoms with E-state index >= 15 is 0 Å². The minimum atomic E-state index is -0.781. The van der Waals surface area contributed by atoms with E-state index in [1.165, 1.54) is 40.4 Å². The largest absolute Gasteiger partial charge is 0.481 e. The molecule has 0 amide bonds. The lowest BCUT2D eigenvalue weighted by molar-refractivity contribution is -0.136. The molecular formula is C32H41NO2. The summed E-state index contributed by atoms with van der Waals surface area (Å²) in [7, 11) is 0. The molecule has 2 unspecified atom stereocenters. The third kappa shape index (κ3) is 7.85. The third-order valence-electron chi connectivity index (χ3n) is 6.50. The van der Waals surface area contributed by atoms with Crippen molar-refractivity contribution < 1.29 is 9.90 Å². The number of benzene rings is 3. The Kier molecular flexibility index (Phi) is 11.3. The first kappa shape index (κ1) is 27.9. The maximum Gasteiger partial charge on any atom is 0.307 e. The van der Waals surface area contributed by atoms with E-state index in [4.69, 9.17) is 5.11 Å². The van der Waals surface area contributed by atoms with Crippen LogP contribution in [0.4, 0.5) is 5.69 Å². The molecule has 3 heteroatoms. The van der Waals surface area contributed by atoms with Crippen LogP contribution in [-0.4, -0.2) is 24.2 Å². The molecule has 1 saturated heterocycles. The summed E-state index contributed by atoms with van der Waals surface area (Å²) in [6.45, 7) is 17.4. The molecule has 3 nitrogen and oxygen atoms in total. The van der Waals surface area contributed by atoms with Crippen molar-refractivity contribution in [3.8, 4) is 0 Å². The number of hydrogen-bond acceptors (Lipinski definition) is 2. The Balaban J connectivity index is 0.000000655. The number of aliphatic carboxylic acids is 1. The molecule has 0 radical (unpaired) electrons. The molecule has 1 aliphatic rings. The van der Waals surface area contributed by atoms with E-state index in [-0.39, 0.29) is 6.42 Å². The summed E-state index contributed by atoms with van der Waals surface area (Å²) in [6, 6.07) is 21.3. The number of carboxylic acids is 1. The van der Waals surface area contributed by atoms with E-state index in [1.54, 1.807) is 12.2 Å². The average molecular weight is 472 g/mol. The van der Waals surface area contributed by atoms with E-state index < -0.39 is 5.97 Å². The summed E-state index contributed by atoms with van der Waals surface area (Å²) in [5.41, 5.74) is 4.87. The van der Waals surface area contributed by atoms with Gasteiger partial charge in [0.05, 0.1) is 6.42 Å². The molecule has 1 fully saturated rings. The maximum absolute atomic E-state index is 10.9. The fraction of sp³-hybridized carbons (Fsp3) is 0.344. The summed E-state index contributed by atoms with van der Waals surface area (Å²) in [5.74, 6) is 0.434. The van der Waals surface area contributed by atoms with Crippen LogP contribution in [0.5, 0.6) is 0 Å². The maximum atomic E-state index is 10.9. The van der Waals surface area contributed by atoms with Crippen LogP contribution in [0.15, 0.2) is 86.0 Å². The molecular weight excluding hydrogens is 430 g/mol. The van der Waals surface area contributed by atoms with Gasteiger partial charge in [0.25, 0.3) is 0 Å². The lowest BCUT2D eigenvalue weighted by Gasteiger charge is -2.21. The first-order valence-electron chi connectivity index (χ1n) is 12.7. The second-order valence-corrected chi connectivity index (χ2v) is 8.96. The molecule has 186 valence electrons. The number of allylic oxidation sites excluding steroid dienone is 2. The summed E-state index contributed by atoms with van der Waals surface area (Å²) in [6.07, 6.45) is 5.77. The predicted molar refractivity (Wildman–Crippen MR) is 152 cm³/mol. The van der Waals surface area contributed by atoms with E-state index in [0.29, 0.717) is 11.8 Å². The fourth-order valence-electron chi connectivity index (χ4n) is 4.79. The van der Waals surface area contributed by atoms with Gasteiger partial charge in [0.15, 0.2) is 0 Å². The van der Waals surface area contributed by atoms with Gasteiger partial charge in [0.1, 0.15) is 0 Å². The Bertz CT molecular complexity index is 1090. The number of carbonyl (C=O) groups is 1. The number of carboxylic acid groups (broad SMARTS) is 1. The van der Waals surface area contributed by atoms with Gasteiger partial charge in [-0.25, -0.2) is 0 Å². The first-order chi connectivity index (χ1) is 16.9. The molecule has 35 heavy (non-hydrogen) atoms. The number of fused-ring (bicyclic) bond motifs is 1. The Hall–Kier alpha value is -3.33. The summed E-state index contributed by atoms with van der Waals surface area (Å²) >= 11 is 0. The van der Waals surface area contributed by atoms with Crippen molar-refractivity contribution in [3.63, 3.8) is 0 Å². The number of nitrogens with zero attached hydrogens (tertiary/aromatic N) is 1. The lowest BCUT2D eigenvalue weighted by Crippen LogP contribution is -2.20. The van der Waals surface area contributed by atoms with E-state index in [2.05, 4.69) is 80.4 Å². The van der Waals surface area contributed by atoms with E-state index in [9.17, 15) is 4.79 Å². The van der Waals surface area contributed by atoms with Crippen molar-refractivity contribution in [1.82, 2.24) is 0 Å². The molecule has 0 saturated carbocycles. The van der Waals surface area contributed by atoms with Gasteiger partial charge in [-0.15, -0.1) is 0 Å². The first-order valence-corrected chi connectivity index (χ1v) is 12.7. The van der Waals surface area contributed by atoms with Gasteiger partial charge in [-0.1, -0.05) is 94.6 Å². The van der Waals surface area contributed by atoms with Gasteiger partial charge >= 0.3 is 5.97 Å². The topological polar surface area (TPSA) is 40.5 Å². The summed E-state index contributed by atoms with van der Waals surface area (Å²) in [4.78, 5) is 13.3. The molecule has 4 rings (SSSR count). The highest BCUT2D eigenvalue weighted by Gasteiger charge is 2.25. The van der Waals surface area contributed by atoms with Gasteiger partial charge < -0.3 is 10.0 Å². The predicted octanol–water partition coefficient (Wildman–Crippen LogP) is 8.18. The zero-order chi connectivity index (χ0) is 25.8. The van der Waals surface area contributed by atoms with Crippen LogP contribution >= 0.6 is 0 Å². The van der Waals surface area contributed by atoms with Crippen LogP contribution in [0, 0.1) is 12.8 Å². The van der Waals surface area contributed by atoms with Crippen LogP contribution in [-0.2, 0) is 11.2 Å². The molecule has 3 aromatic rings. The molecule has 2 atom stereocenters. The molecule has 1 heterocycles. The number of rotatable bonds is 7. The van der Waals surface area contributed by atoms with Gasteiger partial charge in [-0.3, -0.25) is 4.79 Å². The van der Waals surface area contributed by atoms with E-state index in [1.807, 2.05) is 26.0 Å². The van der Waals surface area contributed by atoms with Gasteiger partial charge in [-0.05, 0) is 71.2 Å². The Morgan fingerprint density at radius 2 is 1.66 bits per heavy atom. The Labute approximate surface area is 211 Å². The quantitative estimate of drug-likeness (QED) is 0.353. The summed E-state index contributed by atoms with van der Waals surface area (Å²) < 4.78 is 0. The normalized spacial score (nSPS) is 15.3. The highest BCUT2D eigenvalue weighted by atomic mass is 16.4.